The predicted molar refractivity (Wildman–Crippen MR) is 107 cm³/mol. The van der Waals surface area contributed by atoms with Crippen molar-refractivity contribution >= 4 is 16.8 Å². The lowest BCUT2D eigenvalue weighted by atomic mass is 10.1. The van der Waals surface area contributed by atoms with Gasteiger partial charge in [0.15, 0.2) is 11.5 Å². The Hall–Kier alpha value is -3.35. The minimum atomic E-state index is -0.239. The molecule has 0 aliphatic heterocycles. The molecule has 1 aromatic heterocycles. The Morgan fingerprint density at radius 1 is 1.14 bits per heavy atom. The third-order valence-corrected chi connectivity index (χ3v) is 4.55. The summed E-state index contributed by atoms with van der Waals surface area (Å²) in [4.78, 5) is 29.1. The van der Waals surface area contributed by atoms with E-state index in [2.05, 4.69) is 10.3 Å². The summed E-state index contributed by atoms with van der Waals surface area (Å²) in [6.07, 6.45) is 2.06. The molecular weight excluding hydrogens is 358 g/mol. The highest BCUT2D eigenvalue weighted by molar-refractivity contribution is 5.81. The van der Waals surface area contributed by atoms with Crippen LogP contribution in [0.4, 0.5) is 0 Å². The van der Waals surface area contributed by atoms with Crippen molar-refractivity contribution in [1.29, 1.82) is 0 Å². The van der Waals surface area contributed by atoms with Gasteiger partial charge in [-0.3, -0.25) is 14.2 Å². The molecule has 0 saturated heterocycles. The van der Waals surface area contributed by atoms with Crippen LogP contribution in [-0.2, 0) is 17.8 Å². The summed E-state index contributed by atoms with van der Waals surface area (Å²) in [5.41, 5.74) is 2.39. The number of carbonyl (C=O) groups excluding carboxylic acids is 1. The van der Waals surface area contributed by atoms with Crippen molar-refractivity contribution in [2.24, 2.45) is 0 Å². The third kappa shape index (κ3) is 4.14. The van der Waals surface area contributed by atoms with Crippen molar-refractivity contribution < 1.29 is 14.3 Å². The molecule has 2 aromatic carbocycles. The number of carbonyl (C=O) groups is 1. The summed E-state index contributed by atoms with van der Waals surface area (Å²) >= 11 is 0. The molecule has 0 radical (unpaired) electrons. The van der Waals surface area contributed by atoms with E-state index in [1.54, 1.807) is 20.3 Å². The van der Waals surface area contributed by atoms with Crippen LogP contribution in [0.2, 0.25) is 0 Å². The molecular formula is C21H23N3O4. The standard InChI is InChI=1S/C21H23N3O4/c1-14-5-4-6-16-20(14)23-13-24(21(16)26)12-19(25)22-10-9-15-7-8-17(27-2)18(11-15)28-3/h4-8,11,13H,9-10,12H2,1-3H3,(H,22,25). The predicted octanol–water partition coefficient (Wildman–Crippen LogP) is 2.08. The molecule has 7 nitrogen and oxygen atoms in total. The average Bonchev–Trinajstić information content (AvgIpc) is 2.70. The Morgan fingerprint density at radius 2 is 1.93 bits per heavy atom. The van der Waals surface area contributed by atoms with E-state index in [1.165, 1.54) is 10.9 Å². The van der Waals surface area contributed by atoms with Gasteiger partial charge in [0.25, 0.3) is 5.56 Å². The maximum Gasteiger partial charge on any atom is 0.261 e. The molecule has 7 heteroatoms. The zero-order chi connectivity index (χ0) is 20.1. The normalized spacial score (nSPS) is 10.7. The topological polar surface area (TPSA) is 82.5 Å². The van der Waals surface area contributed by atoms with E-state index in [9.17, 15) is 9.59 Å². The van der Waals surface area contributed by atoms with E-state index in [4.69, 9.17) is 9.47 Å². The number of methoxy groups -OCH3 is 2. The van der Waals surface area contributed by atoms with Gasteiger partial charge in [0.1, 0.15) is 6.54 Å². The zero-order valence-corrected chi connectivity index (χ0v) is 16.2. The quantitative estimate of drug-likeness (QED) is 0.678. The number of ether oxygens (including phenoxy) is 2. The summed E-state index contributed by atoms with van der Waals surface area (Å²) in [7, 11) is 3.17. The van der Waals surface area contributed by atoms with Gasteiger partial charge in [0.2, 0.25) is 5.91 Å². The fourth-order valence-electron chi connectivity index (χ4n) is 3.04. The number of nitrogens with zero attached hydrogens (tertiary/aromatic N) is 2. The first kappa shape index (κ1) is 19.4. The van der Waals surface area contributed by atoms with Crippen LogP contribution in [0.15, 0.2) is 47.5 Å². The molecule has 1 N–H and O–H groups in total. The number of hydrogen-bond acceptors (Lipinski definition) is 5. The summed E-state index contributed by atoms with van der Waals surface area (Å²) in [6.45, 7) is 2.28. The molecule has 0 spiro atoms. The van der Waals surface area contributed by atoms with Crippen LogP contribution in [0.1, 0.15) is 11.1 Å². The van der Waals surface area contributed by atoms with Gasteiger partial charge < -0.3 is 14.8 Å². The maximum atomic E-state index is 12.6. The highest BCUT2D eigenvalue weighted by Gasteiger charge is 2.10. The second-order valence-electron chi connectivity index (χ2n) is 6.44. The minimum Gasteiger partial charge on any atom is -0.493 e. The van der Waals surface area contributed by atoms with E-state index in [0.29, 0.717) is 35.4 Å². The molecule has 3 rings (SSSR count). The number of aryl methyl sites for hydroxylation is 1. The minimum absolute atomic E-state index is 0.0678. The van der Waals surface area contributed by atoms with Crippen molar-refractivity contribution in [2.75, 3.05) is 20.8 Å². The monoisotopic (exact) mass is 381 g/mol. The van der Waals surface area contributed by atoms with Crippen molar-refractivity contribution in [1.82, 2.24) is 14.9 Å². The summed E-state index contributed by atoms with van der Waals surface area (Å²) in [6, 6.07) is 11.1. The molecule has 146 valence electrons. The number of nitrogens with one attached hydrogen (secondary N) is 1. The molecule has 3 aromatic rings. The van der Waals surface area contributed by atoms with E-state index >= 15 is 0 Å². The zero-order valence-electron chi connectivity index (χ0n) is 16.2. The number of aromatic nitrogens is 2. The van der Waals surface area contributed by atoms with E-state index in [0.717, 1.165) is 11.1 Å². The van der Waals surface area contributed by atoms with E-state index < -0.39 is 0 Å². The van der Waals surface area contributed by atoms with Gasteiger partial charge in [0.05, 0.1) is 31.4 Å². The van der Waals surface area contributed by atoms with Crippen LogP contribution in [0.25, 0.3) is 10.9 Å². The summed E-state index contributed by atoms with van der Waals surface area (Å²) < 4.78 is 11.8. The van der Waals surface area contributed by atoms with E-state index in [-0.39, 0.29) is 18.0 Å². The molecule has 0 aliphatic carbocycles. The Balaban J connectivity index is 1.61. The van der Waals surface area contributed by atoms with Crippen molar-refractivity contribution in [3.63, 3.8) is 0 Å². The average molecular weight is 381 g/mol. The van der Waals surface area contributed by atoms with Crippen LogP contribution in [0.3, 0.4) is 0 Å². The first-order chi connectivity index (χ1) is 13.5. The smallest absolute Gasteiger partial charge is 0.261 e. The molecule has 1 amide bonds. The van der Waals surface area contributed by atoms with Crippen molar-refractivity contribution in [3.05, 3.63) is 64.2 Å². The van der Waals surface area contributed by atoms with Crippen molar-refractivity contribution in [3.8, 4) is 11.5 Å². The number of amides is 1. The van der Waals surface area contributed by atoms with Gasteiger partial charge >= 0.3 is 0 Å². The largest absolute Gasteiger partial charge is 0.493 e. The number of fused-ring (bicyclic) bond motifs is 1. The second-order valence-corrected chi connectivity index (χ2v) is 6.44. The Morgan fingerprint density at radius 3 is 2.68 bits per heavy atom. The van der Waals surface area contributed by atoms with Crippen LogP contribution in [-0.4, -0.2) is 36.2 Å². The molecule has 0 aliphatic rings. The first-order valence-corrected chi connectivity index (χ1v) is 8.96. The van der Waals surface area contributed by atoms with Gasteiger partial charge in [0, 0.05) is 6.54 Å². The van der Waals surface area contributed by atoms with Gasteiger partial charge in [-0.15, -0.1) is 0 Å². The first-order valence-electron chi connectivity index (χ1n) is 8.96. The van der Waals surface area contributed by atoms with Crippen LogP contribution in [0, 0.1) is 6.92 Å². The number of para-hydroxylation sites is 1. The number of benzene rings is 2. The van der Waals surface area contributed by atoms with Crippen LogP contribution < -0.4 is 20.3 Å². The van der Waals surface area contributed by atoms with Gasteiger partial charge in [-0.05, 0) is 42.7 Å². The number of hydrogen-bond donors (Lipinski definition) is 1. The lowest BCUT2D eigenvalue weighted by Gasteiger charge is -2.11. The fourth-order valence-corrected chi connectivity index (χ4v) is 3.04. The van der Waals surface area contributed by atoms with Gasteiger partial charge in [-0.1, -0.05) is 18.2 Å². The van der Waals surface area contributed by atoms with E-state index in [1.807, 2.05) is 37.3 Å². The fraction of sp³-hybridized carbons (Fsp3) is 0.286. The van der Waals surface area contributed by atoms with Crippen LogP contribution >= 0.6 is 0 Å². The molecule has 0 bridgehead atoms. The van der Waals surface area contributed by atoms with Gasteiger partial charge in [-0.2, -0.15) is 0 Å². The Labute approximate surface area is 162 Å². The highest BCUT2D eigenvalue weighted by Crippen LogP contribution is 2.27. The van der Waals surface area contributed by atoms with Gasteiger partial charge in [-0.25, -0.2) is 4.98 Å². The lowest BCUT2D eigenvalue weighted by Crippen LogP contribution is -2.33. The molecule has 1 heterocycles. The van der Waals surface area contributed by atoms with Crippen LogP contribution in [0.5, 0.6) is 11.5 Å². The lowest BCUT2D eigenvalue weighted by molar-refractivity contribution is -0.121. The molecule has 0 fully saturated rings. The summed E-state index contributed by atoms with van der Waals surface area (Å²) in [5.74, 6) is 1.07. The molecule has 0 saturated carbocycles. The SMILES string of the molecule is COc1ccc(CCNC(=O)Cn2cnc3c(C)cccc3c2=O)cc1OC. The second kappa shape index (κ2) is 8.56. The molecule has 0 atom stereocenters. The Kier molecular flexibility index (Phi) is 5.93. The summed E-state index contributed by atoms with van der Waals surface area (Å²) in [5, 5.41) is 3.35. The molecule has 0 unspecified atom stereocenters. The highest BCUT2D eigenvalue weighted by atomic mass is 16.5. The Bertz CT molecular complexity index is 1060. The molecule has 28 heavy (non-hydrogen) atoms. The maximum absolute atomic E-state index is 12.6. The van der Waals surface area contributed by atoms with Crippen molar-refractivity contribution in [2.45, 2.75) is 19.9 Å². The third-order valence-electron chi connectivity index (χ3n) is 4.55. The number of rotatable bonds is 7.